The Morgan fingerprint density at radius 2 is 1.87 bits per heavy atom. The van der Waals surface area contributed by atoms with E-state index in [4.69, 9.17) is 14.6 Å². The molecule has 0 unspecified atom stereocenters. The minimum absolute atomic E-state index is 0.0447. The van der Waals surface area contributed by atoms with E-state index in [0.29, 0.717) is 43.1 Å². The van der Waals surface area contributed by atoms with E-state index in [1.165, 1.54) is 18.2 Å². The van der Waals surface area contributed by atoms with Gasteiger partial charge in [-0.1, -0.05) is 12.1 Å². The quantitative estimate of drug-likeness (QED) is 0.491. The van der Waals surface area contributed by atoms with Crippen LogP contribution in [-0.4, -0.2) is 80.4 Å². The number of hydrogen-bond donors (Lipinski definition) is 2. The number of aliphatic hydroxyl groups excluding tert-OH is 1. The molecule has 2 atom stereocenters. The SMILES string of the molecule is Cc1ccc([C@@H](CN2CCN(C(=O)OC(C)(C)C)[C@H](C)C2)Oc2ccc(S(=O)(=O)NCCO)cc2)cc1F. The number of piperazine rings is 1. The van der Waals surface area contributed by atoms with Gasteiger partial charge in [0, 0.05) is 38.8 Å². The summed E-state index contributed by atoms with van der Waals surface area (Å²) < 4.78 is 53.2. The van der Waals surface area contributed by atoms with Crippen LogP contribution in [0.25, 0.3) is 0 Å². The summed E-state index contributed by atoms with van der Waals surface area (Å²) in [6.07, 6.45) is -0.887. The predicted molar refractivity (Wildman–Crippen MR) is 142 cm³/mol. The van der Waals surface area contributed by atoms with Gasteiger partial charge in [-0.3, -0.25) is 4.90 Å². The topological polar surface area (TPSA) is 108 Å². The van der Waals surface area contributed by atoms with Gasteiger partial charge < -0.3 is 19.5 Å². The monoisotopic (exact) mass is 551 g/mol. The first-order valence-electron chi connectivity index (χ1n) is 12.6. The minimum atomic E-state index is -3.75. The Morgan fingerprint density at radius 1 is 1.18 bits per heavy atom. The molecule has 2 aromatic rings. The summed E-state index contributed by atoms with van der Waals surface area (Å²) in [7, 11) is -3.75. The number of aryl methyl sites for hydroxylation is 1. The Labute approximate surface area is 224 Å². The predicted octanol–water partition coefficient (Wildman–Crippen LogP) is 3.47. The Kier molecular flexibility index (Phi) is 9.74. The molecule has 1 heterocycles. The van der Waals surface area contributed by atoms with E-state index < -0.39 is 21.7 Å². The van der Waals surface area contributed by atoms with Crippen molar-refractivity contribution in [2.24, 2.45) is 0 Å². The maximum Gasteiger partial charge on any atom is 0.410 e. The molecule has 0 radical (unpaired) electrons. The summed E-state index contributed by atoms with van der Waals surface area (Å²) in [4.78, 5) is 16.5. The second-order valence-electron chi connectivity index (χ2n) is 10.5. The number of halogens is 1. The highest BCUT2D eigenvalue weighted by Gasteiger charge is 2.32. The van der Waals surface area contributed by atoms with Gasteiger partial charge in [0.05, 0.1) is 11.5 Å². The van der Waals surface area contributed by atoms with Crippen LogP contribution < -0.4 is 9.46 Å². The van der Waals surface area contributed by atoms with Crippen LogP contribution in [0.3, 0.4) is 0 Å². The van der Waals surface area contributed by atoms with E-state index in [2.05, 4.69) is 9.62 Å². The standard InChI is InChI=1S/C27H38FN3O6S/c1-19-6-7-21(16-24(19)28)25(36-22-8-10-23(11-9-22)38(34,35)29-12-15-32)18-30-13-14-31(20(2)17-30)26(33)37-27(3,4)5/h6-11,16,20,25,29,32H,12-15,17-18H2,1-5H3/t20-,25-/m1/s1. The third-order valence-corrected chi connectivity index (χ3v) is 7.62. The summed E-state index contributed by atoms with van der Waals surface area (Å²) >= 11 is 0. The molecule has 1 aliphatic heterocycles. The van der Waals surface area contributed by atoms with Crippen LogP contribution in [0.4, 0.5) is 9.18 Å². The number of nitrogens with one attached hydrogen (secondary N) is 1. The number of benzene rings is 2. The van der Waals surface area contributed by atoms with Crippen molar-refractivity contribution in [1.82, 2.24) is 14.5 Å². The highest BCUT2D eigenvalue weighted by atomic mass is 32.2. The lowest BCUT2D eigenvalue weighted by Crippen LogP contribution is -2.55. The number of carbonyl (C=O) groups excluding carboxylic acids is 1. The van der Waals surface area contributed by atoms with Crippen molar-refractivity contribution in [2.75, 3.05) is 39.3 Å². The molecule has 11 heteroatoms. The summed E-state index contributed by atoms with van der Waals surface area (Å²) in [5.74, 6) is 0.0909. The molecular formula is C27H38FN3O6S. The fourth-order valence-corrected chi connectivity index (χ4v) is 5.19. The van der Waals surface area contributed by atoms with Crippen molar-refractivity contribution in [3.63, 3.8) is 0 Å². The van der Waals surface area contributed by atoms with Crippen LogP contribution in [0.15, 0.2) is 47.4 Å². The van der Waals surface area contributed by atoms with Crippen LogP contribution in [-0.2, 0) is 14.8 Å². The second kappa shape index (κ2) is 12.4. The molecule has 210 valence electrons. The number of ether oxygens (including phenoxy) is 2. The lowest BCUT2D eigenvalue weighted by molar-refractivity contribution is -0.00299. The maximum atomic E-state index is 14.5. The zero-order valence-corrected chi connectivity index (χ0v) is 23.4. The summed E-state index contributed by atoms with van der Waals surface area (Å²) in [5.41, 5.74) is 0.597. The van der Waals surface area contributed by atoms with E-state index in [-0.39, 0.29) is 36.0 Å². The number of carbonyl (C=O) groups is 1. The summed E-state index contributed by atoms with van der Waals surface area (Å²) in [5, 5.41) is 8.90. The molecule has 1 fully saturated rings. The number of nitrogens with zero attached hydrogens (tertiary/aromatic N) is 2. The molecule has 1 amide bonds. The van der Waals surface area contributed by atoms with Gasteiger partial charge >= 0.3 is 6.09 Å². The van der Waals surface area contributed by atoms with Crippen LogP contribution in [0.1, 0.15) is 44.9 Å². The van der Waals surface area contributed by atoms with Crippen molar-refractivity contribution in [2.45, 2.75) is 57.3 Å². The first kappa shape index (κ1) is 29.8. The van der Waals surface area contributed by atoms with E-state index in [1.54, 1.807) is 30.0 Å². The highest BCUT2D eigenvalue weighted by molar-refractivity contribution is 7.89. The van der Waals surface area contributed by atoms with Crippen molar-refractivity contribution in [3.05, 3.63) is 59.4 Å². The van der Waals surface area contributed by atoms with Crippen molar-refractivity contribution in [3.8, 4) is 5.75 Å². The third-order valence-electron chi connectivity index (χ3n) is 6.15. The smallest absolute Gasteiger partial charge is 0.410 e. The van der Waals surface area contributed by atoms with Crippen molar-refractivity contribution in [1.29, 1.82) is 0 Å². The molecule has 0 bridgehead atoms. The van der Waals surface area contributed by atoms with Gasteiger partial charge in [-0.2, -0.15) is 0 Å². The van der Waals surface area contributed by atoms with Gasteiger partial charge in [0.15, 0.2) is 0 Å². The van der Waals surface area contributed by atoms with Gasteiger partial charge in [-0.25, -0.2) is 22.3 Å². The molecule has 0 spiro atoms. The van der Waals surface area contributed by atoms with Crippen molar-refractivity contribution >= 4 is 16.1 Å². The highest BCUT2D eigenvalue weighted by Crippen LogP contribution is 2.27. The molecule has 3 rings (SSSR count). The first-order valence-corrected chi connectivity index (χ1v) is 14.1. The fourth-order valence-electron chi connectivity index (χ4n) is 4.17. The minimum Gasteiger partial charge on any atom is -0.484 e. The van der Waals surface area contributed by atoms with Crippen LogP contribution in [0.2, 0.25) is 0 Å². The average Bonchev–Trinajstić information content (AvgIpc) is 2.83. The van der Waals surface area contributed by atoms with E-state index in [1.807, 2.05) is 33.8 Å². The number of amides is 1. The number of aliphatic hydroxyl groups is 1. The van der Waals surface area contributed by atoms with Gasteiger partial charge in [-0.15, -0.1) is 0 Å². The Morgan fingerprint density at radius 3 is 2.45 bits per heavy atom. The lowest BCUT2D eigenvalue weighted by atomic mass is 10.0. The molecule has 1 aliphatic rings. The second-order valence-corrected chi connectivity index (χ2v) is 12.3. The van der Waals surface area contributed by atoms with E-state index in [0.717, 1.165) is 0 Å². The Bertz CT molecular complexity index is 1200. The first-order chi connectivity index (χ1) is 17.8. The van der Waals surface area contributed by atoms with E-state index in [9.17, 15) is 17.6 Å². The molecule has 9 nitrogen and oxygen atoms in total. The van der Waals surface area contributed by atoms with Crippen molar-refractivity contribution < 1.29 is 32.2 Å². The zero-order valence-electron chi connectivity index (χ0n) is 22.6. The molecule has 1 saturated heterocycles. The normalized spacial score (nSPS) is 17.8. The van der Waals surface area contributed by atoms with Crippen LogP contribution in [0.5, 0.6) is 5.75 Å². The molecule has 0 saturated carbocycles. The molecule has 2 aromatic carbocycles. The maximum absolute atomic E-state index is 14.5. The molecule has 0 aromatic heterocycles. The average molecular weight is 552 g/mol. The molecule has 2 N–H and O–H groups in total. The third kappa shape index (κ3) is 8.13. The van der Waals surface area contributed by atoms with E-state index >= 15 is 0 Å². The Hall–Kier alpha value is -2.73. The van der Waals surface area contributed by atoms with Crippen LogP contribution >= 0.6 is 0 Å². The van der Waals surface area contributed by atoms with Gasteiger partial charge in [0.2, 0.25) is 10.0 Å². The number of hydrogen-bond acceptors (Lipinski definition) is 7. The largest absolute Gasteiger partial charge is 0.484 e. The summed E-state index contributed by atoms with van der Waals surface area (Å²) in [6, 6.07) is 10.8. The molecule has 0 aliphatic carbocycles. The fraction of sp³-hybridized carbons (Fsp3) is 0.519. The van der Waals surface area contributed by atoms with Gasteiger partial charge in [0.25, 0.3) is 0 Å². The zero-order chi connectivity index (χ0) is 28.1. The number of rotatable bonds is 9. The summed E-state index contributed by atoms with van der Waals surface area (Å²) in [6.45, 7) is 10.9. The molecule has 38 heavy (non-hydrogen) atoms. The van der Waals surface area contributed by atoms with Gasteiger partial charge in [-0.05, 0) is 76.1 Å². The van der Waals surface area contributed by atoms with Crippen LogP contribution in [0, 0.1) is 12.7 Å². The lowest BCUT2D eigenvalue weighted by Gasteiger charge is -2.41. The van der Waals surface area contributed by atoms with Gasteiger partial charge in [0.1, 0.15) is 23.3 Å². The number of sulfonamides is 1. The molecular weight excluding hydrogens is 513 g/mol. The Balaban J connectivity index is 1.76.